The highest BCUT2D eigenvalue weighted by molar-refractivity contribution is 7.98. The molecule has 3 N–H and O–H groups in total. The third-order valence-corrected chi connectivity index (χ3v) is 5.05. The number of rotatable bonds is 6. The predicted molar refractivity (Wildman–Crippen MR) is 72.9 cm³/mol. The predicted octanol–water partition coefficient (Wildman–Crippen LogP) is 1.62. The van der Waals surface area contributed by atoms with Crippen LogP contribution in [0.4, 0.5) is 0 Å². The average molecular weight is 256 g/mol. The standard InChI is InChI=1S/C13H24N2OS/c1-17-7-3-2-6-15-13(16)11-9-4-5-10(8-9)12(11)14/h9-12H,2-8,14H2,1H3,(H,15,16)/t9-,10-,11+,12+/m0/s1. The molecule has 0 spiro atoms. The topological polar surface area (TPSA) is 55.1 Å². The number of thioether (sulfide) groups is 1. The van der Waals surface area contributed by atoms with Gasteiger partial charge in [-0.1, -0.05) is 0 Å². The van der Waals surface area contributed by atoms with Crippen LogP contribution in [0, 0.1) is 17.8 Å². The smallest absolute Gasteiger partial charge is 0.224 e. The van der Waals surface area contributed by atoms with Gasteiger partial charge in [-0.15, -0.1) is 0 Å². The Morgan fingerprint density at radius 2 is 2.12 bits per heavy atom. The van der Waals surface area contributed by atoms with Crippen molar-refractivity contribution in [3.63, 3.8) is 0 Å². The van der Waals surface area contributed by atoms with Crippen LogP contribution in [-0.2, 0) is 4.79 Å². The minimum Gasteiger partial charge on any atom is -0.356 e. The molecule has 17 heavy (non-hydrogen) atoms. The number of unbranched alkanes of at least 4 members (excludes halogenated alkanes) is 1. The normalized spacial score (nSPS) is 35.2. The number of carbonyl (C=O) groups is 1. The number of fused-ring (bicyclic) bond motifs is 2. The lowest BCUT2D eigenvalue weighted by Gasteiger charge is -2.27. The summed E-state index contributed by atoms with van der Waals surface area (Å²) in [6.45, 7) is 0.819. The van der Waals surface area contributed by atoms with Gasteiger partial charge in [0.1, 0.15) is 0 Å². The number of hydrogen-bond acceptors (Lipinski definition) is 3. The van der Waals surface area contributed by atoms with E-state index in [0.29, 0.717) is 11.8 Å². The zero-order valence-electron chi connectivity index (χ0n) is 10.7. The van der Waals surface area contributed by atoms with Crippen LogP contribution < -0.4 is 11.1 Å². The zero-order valence-corrected chi connectivity index (χ0v) is 11.5. The third-order valence-electron chi connectivity index (χ3n) is 4.36. The Morgan fingerprint density at radius 1 is 1.35 bits per heavy atom. The zero-order chi connectivity index (χ0) is 12.3. The molecule has 0 aromatic rings. The number of hydrogen-bond donors (Lipinski definition) is 2. The highest BCUT2D eigenvalue weighted by atomic mass is 32.2. The van der Waals surface area contributed by atoms with Gasteiger partial charge in [-0.2, -0.15) is 11.8 Å². The molecule has 2 fully saturated rings. The van der Waals surface area contributed by atoms with Crippen LogP contribution in [0.2, 0.25) is 0 Å². The van der Waals surface area contributed by atoms with Gasteiger partial charge in [-0.3, -0.25) is 4.79 Å². The molecular formula is C13H24N2OS. The molecule has 1 amide bonds. The monoisotopic (exact) mass is 256 g/mol. The fourth-order valence-electron chi connectivity index (χ4n) is 3.43. The summed E-state index contributed by atoms with van der Waals surface area (Å²) < 4.78 is 0. The second kappa shape index (κ2) is 6.10. The first-order chi connectivity index (χ1) is 8.24. The Morgan fingerprint density at radius 3 is 2.76 bits per heavy atom. The highest BCUT2D eigenvalue weighted by Crippen LogP contribution is 2.47. The van der Waals surface area contributed by atoms with E-state index in [0.717, 1.165) is 13.0 Å². The summed E-state index contributed by atoms with van der Waals surface area (Å²) in [6.07, 6.45) is 8.03. The van der Waals surface area contributed by atoms with Crippen molar-refractivity contribution < 1.29 is 4.79 Å². The fraction of sp³-hybridized carbons (Fsp3) is 0.923. The van der Waals surface area contributed by atoms with Crippen LogP contribution in [-0.4, -0.2) is 30.5 Å². The molecule has 0 heterocycles. The molecular weight excluding hydrogens is 232 g/mol. The number of nitrogens with one attached hydrogen (secondary N) is 1. The number of carbonyl (C=O) groups excluding carboxylic acids is 1. The van der Waals surface area contributed by atoms with Gasteiger partial charge in [-0.25, -0.2) is 0 Å². The van der Waals surface area contributed by atoms with Gasteiger partial charge < -0.3 is 11.1 Å². The second-order valence-electron chi connectivity index (χ2n) is 5.43. The third kappa shape index (κ3) is 2.97. The molecule has 2 saturated carbocycles. The van der Waals surface area contributed by atoms with E-state index in [1.165, 1.54) is 31.4 Å². The summed E-state index contributed by atoms with van der Waals surface area (Å²) in [6, 6.07) is 0.125. The van der Waals surface area contributed by atoms with Crippen molar-refractivity contribution in [2.24, 2.45) is 23.5 Å². The van der Waals surface area contributed by atoms with E-state index in [4.69, 9.17) is 5.73 Å². The van der Waals surface area contributed by atoms with Crippen molar-refractivity contribution in [1.29, 1.82) is 0 Å². The molecule has 0 radical (unpaired) electrons. The first kappa shape index (κ1) is 13.2. The molecule has 0 aliphatic heterocycles. The molecule has 2 rings (SSSR count). The maximum atomic E-state index is 12.1. The molecule has 0 aromatic carbocycles. The summed E-state index contributed by atoms with van der Waals surface area (Å²) in [5.41, 5.74) is 6.15. The molecule has 0 unspecified atom stereocenters. The van der Waals surface area contributed by atoms with E-state index in [1.807, 2.05) is 11.8 Å². The minimum atomic E-state index is 0.106. The maximum absolute atomic E-state index is 12.1. The molecule has 2 aliphatic carbocycles. The van der Waals surface area contributed by atoms with Gasteiger partial charge in [0.2, 0.25) is 5.91 Å². The molecule has 3 nitrogen and oxygen atoms in total. The summed E-state index contributed by atoms with van der Waals surface area (Å²) in [4.78, 5) is 12.1. The van der Waals surface area contributed by atoms with E-state index < -0.39 is 0 Å². The van der Waals surface area contributed by atoms with E-state index in [2.05, 4.69) is 11.6 Å². The summed E-state index contributed by atoms with van der Waals surface area (Å²) >= 11 is 1.86. The van der Waals surface area contributed by atoms with E-state index >= 15 is 0 Å². The summed E-state index contributed by atoms with van der Waals surface area (Å²) in [5.74, 6) is 2.69. The first-order valence-corrected chi connectivity index (χ1v) is 8.15. The SMILES string of the molecule is CSCCCCNC(=O)[C@@H]1[C@H]2CC[C@@H](C2)[C@H]1N. The molecule has 4 heteroatoms. The van der Waals surface area contributed by atoms with Crippen molar-refractivity contribution in [2.45, 2.75) is 38.1 Å². The van der Waals surface area contributed by atoms with Crippen LogP contribution in [0.3, 0.4) is 0 Å². The Balaban J connectivity index is 1.69. The molecule has 0 saturated heterocycles. The fourth-order valence-corrected chi connectivity index (χ4v) is 3.92. The Labute approximate surface area is 108 Å². The Kier molecular flexibility index (Phi) is 4.74. The summed E-state index contributed by atoms with van der Waals surface area (Å²) in [5, 5.41) is 3.07. The van der Waals surface area contributed by atoms with Crippen LogP contribution in [0.15, 0.2) is 0 Å². The second-order valence-corrected chi connectivity index (χ2v) is 6.41. The Bertz CT molecular complexity index is 270. The number of amides is 1. The van der Waals surface area contributed by atoms with E-state index in [-0.39, 0.29) is 17.9 Å². The quantitative estimate of drug-likeness (QED) is 0.710. The minimum absolute atomic E-state index is 0.106. The van der Waals surface area contributed by atoms with Crippen LogP contribution >= 0.6 is 11.8 Å². The number of nitrogens with two attached hydrogens (primary N) is 1. The van der Waals surface area contributed by atoms with Crippen LogP contribution in [0.5, 0.6) is 0 Å². The van der Waals surface area contributed by atoms with Gasteiger partial charge >= 0.3 is 0 Å². The van der Waals surface area contributed by atoms with Gasteiger partial charge in [-0.05, 0) is 55.9 Å². The first-order valence-electron chi connectivity index (χ1n) is 6.76. The maximum Gasteiger partial charge on any atom is 0.224 e. The Hall–Kier alpha value is -0.220. The molecule has 0 aromatic heterocycles. The lowest BCUT2D eigenvalue weighted by atomic mass is 9.84. The van der Waals surface area contributed by atoms with Crippen molar-refractivity contribution in [3.8, 4) is 0 Å². The average Bonchev–Trinajstić information content (AvgIpc) is 2.89. The molecule has 2 aliphatic rings. The van der Waals surface area contributed by atoms with E-state index in [1.54, 1.807) is 0 Å². The molecule has 4 atom stereocenters. The molecule has 98 valence electrons. The van der Waals surface area contributed by atoms with Gasteiger partial charge in [0.05, 0.1) is 5.92 Å². The van der Waals surface area contributed by atoms with Crippen molar-refractivity contribution >= 4 is 17.7 Å². The lowest BCUT2D eigenvalue weighted by molar-refractivity contribution is -0.127. The lowest BCUT2D eigenvalue weighted by Crippen LogP contribution is -2.45. The van der Waals surface area contributed by atoms with Crippen LogP contribution in [0.1, 0.15) is 32.1 Å². The summed E-state index contributed by atoms with van der Waals surface area (Å²) in [7, 11) is 0. The van der Waals surface area contributed by atoms with Gasteiger partial charge in [0.25, 0.3) is 0 Å². The van der Waals surface area contributed by atoms with Crippen LogP contribution in [0.25, 0.3) is 0 Å². The largest absolute Gasteiger partial charge is 0.356 e. The van der Waals surface area contributed by atoms with Crippen molar-refractivity contribution in [1.82, 2.24) is 5.32 Å². The van der Waals surface area contributed by atoms with Gasteiger partial charge in [0.15, 0.2) is 0 Å². The van der Waals surface area contributed by atoms with Crippen molar-refractivity contribution in [2.75, 3.05) is 18.6 Å². The van der Waals surface area contributed by atoms with Gasteiger partial charge in [0, 0.05) is 12.6 Å². The van der Waals surface area contributed by atoms with E-state index in [9.17, 15) is 4.79 Å². The molecule has 2 bridgehead atoms. The van der Waals surface area contributed by atoms with Crippen molar-refractivity contribution in [3.05, 3.63) is 0 Å². The highest BCUT2D eigenvalue weighted by Gasteiger charge is 2.48.